The summed E-state index contributed by atoms with van der Waals surface area (Å²) in [6.07, 6.45) is 0. The van der Waals surface area contributed by atoms with E-state index in [1.54, 1.807) is 11.8 Å². The number of esters is 1. The molecule has 0 saturated heterocycles. The van der Waals surface area contributed by atoms with Gasteiger partial charge in [-0.1, -0.05) is 13.8 Å². The van der Waals surface area contributed by atoms with Crippen molar-refractivity contribution in [2.45, 2.75) is 24.0 Å². The van der Waals surface area contributed by atoms with Crippen LogP contribution in [-0.4, -0.2) is 18.3 Å². The van der Waals surface area contributed by atoms with Crippen LogP contribution in [0.25, 0.3) is 0 Å². The molecule has 0 heterocycles. The third kappa shape index (κ3) is 3.45. The Labute approximate surface area is 100 Å². The van der Waals surface area contributed by atoms with E-state index in [4.69, 9.17) is 10.5 Å². The zero-order valence-corrected chi connectivity index (χ0v) is 10.6. The highest BCUT2D eigenvalue weighted by atomic mass is 32.2. The summed E-state index contributed by atoms with van der Waals surface area (Å²) in [5.74, 6) is -0.289. The maximum absolute atomic E-state index is 11.3. The Morgan fingerprint density at radius 2 is 1.88 bits per heavy atom. The molecule has 0 saturated carbocycles. The molecule has 1 aromatic rings. The molecular formula is C12H17NO2S. The van der Waals surface area contributed by atoms with Crippen molar-refractivity contribution >= 4 is 23.4 Å². The third-order valence-corrected chi connectivity index (χ3v) is 3.80. The van der Waals surface area contributed by atoms with Crippen molar-refractivity contribution in [2.75, 3.05) is 12.8 Å². The van der Waals surface area contributed by atoms with Gasteiger partial charge in [-0.15, -0.1) is 11.8 Å². The Bertz CT molecular complexity index is 351. The van der Waals surface area contributed by atoms with E-state index < -0.39 is 0 Å². The van der Waals surface area contributed by atoms with E-state index in [1.807, 2.05) is 38.1 Å². The van der Waals surface area contributed by atoms with Crippen LogP contribution in [0.1, 0.15) is 13.8 Å². The maximum atomic E-state index is 11.3. The summed E-state index contributed by atoms with van der Waals surface area (Å²) in [6, 6.07) is 7.64. The van der Waals surface area contributed by atoms with Crippen molar-refractivity contribution in [1.82, 2.24) is 0 Å². The second kappa shape index (κ2) is 5.80. The number of nitrogens with two attached hydrogens (primary N) is 1. The molecule has 0 bridgehead atoms. The lowest BCUT2D eigenvalue weighted by atomic mass is 10.1. The number of hydrogen-bond donors (Lipinski definition) is 1. The van der Waals surface area contributed by atoms with E-state index in [9.17, 15) is 4.79 Å². The molecule has 4 heteroatoms. The Balaban J connectivity index is 2.60. The van der Waals surface area contributed by atoms with Crippen molar-refractivity contribution in [3.63, 3.8) is 0 Å². The first kappa shape index (κ1) is 12.9. The van der Waals surface area contributed by atoms with Crippen LogP contribution in [0.2, 0.25) is 0 Å². The van der Waals surface area contributed by atoms with Gasteiger partial charge in [0, 0.05) is 15.8 Å². The van der Waals surface area contributed by atoms with Crippen molar-refractivity contribution in [3.05, 3.63) is 24.3 Å². The predicted octanol–water partition coefficient (Wildman–Crippen LogP) is 2.56. The molecule has 0 aliphatic heterocycles. The van der Waals surface area contributed by atoms with Crippen LogP contribution in [-0.2, 0) is 9.53 Å². The molecule has 0 aromatic heterocycles. The van der Waals surface area contributed by atoms with Crippen molar-refractivity contribution in [2.24, 2.45) is 5.92 Å². The zero-order chi connectivity index (χ0) is 12.1. The molecule has 2 atom stereocenters. The number of carbonyl (C=O) groups excluding carboxylic acids is 1. The van der Waals surface area contributed by atoms with E-state index >= 15 is 0 Å². The third-order valence-electron chi connectivity index (χ3n) is 2.48. The van der Waals surface area contributed by atoms with Crippen molar-refractivity contribution < 1.29 is 9.53 Å². The van der Waals surface area contributed by atoms with Gasteiger partial charge in [-0.2, -0.15) is 0 Å². The Hall–Kier alpha value is -1.16. The number of ether oxygens (including phenoxy) is 1. The average Bonchev–Trinajstić information content (AvgIpc) is 2.30. The van der Waals surface area contributed by atoms with Crippen LogP contribution < -0.4 is 5.73 Å². The van der Waals surface area contributed by atoms with Gasteiger partial charge in [0.05, 0.1) is 13.0 Å². The first-order valence-electron chi connectivity index (χ1n) is 5.14. The summed E-state index contributed by atoms with van der Waals surface area (Å²) in [7, 11) is 1.42. The summed E-state index contributed by atoms with van der Waals surface area (Å²) >= 11 is 1.65. The molecule has 16 heavy (non-hydrogen) atoms. The fourth-order valence-electron chi connectivity index (χ4n) is 1.24. The maximum Gasteiger partial charge on any atom is 0.309 e. The van der Waals surface area contributed by atoms with E-state index in [-0.39, 0.29) is 17.1 Å². The lowest BCUT2D eigenvalue weighted by molar-refractivity contribution is -0.144. The first-order chi connectivity index (χ1) is 7.54. The normalized spacial score (nSPS) is 14.2. The zero-order valence-electron chi connectivity index (χ0n) is 9.77. The first-order valence-corrected chi connectivity index (χ1v) is 6.02. The molecule has 0 radical (unpaired) electrons. The highest BCUT2D eigenvalue weighted by Gasteiger charge is 2.21. The molecule has 0 aliphatic rings. The largest absolute Gasteiger partial charge is 0.469 e. The molecular weight excluding hydrogens is 222 g/mol. The minimum atomic E-state index is -0.171. The van der Waals surface area contributed by atoms with Gasteiger partial charge in [0.2, 0.25) is 0 Å². The second-order valence-corrected chi connectivity index (χ2v) is 5.15. The van der Waals surface area contributed by atoms with Crippen molar-refractivity contribution in [1.29, 1.82) is 0 Å². The number of hydrogen-bond acceptors (Lipinski definition) is 4. The van der Waals surface area contributed by atoms with Gasteiger partial charge in [-0.25, -0.2) is 0 Å². The Kier molecular flexibility index (Phi) is 4.68. The van der Waals surface area contributed by atoms with Gasteiger partial charge < -0.3 is 10.5 Å². The van der Waals surface area contributed by atoms with E-state index in [0.717, 1.165) is 10.6 Å². The van der Waals surface area contributed by atoms with E-state index in [2.05, 4.69) is 0 Å². The summed E-state index contributed by atoms with van der Waals surface area (Å²) in [4.78, 5) is 12.5. The van der Waals surface area contributed by atoms with E-state index in [1.165, 1.54) is 7.11 Å². The van der Waals surface area contributed by atoms with Crippen molar-refractivity contribution in [3.8, 4) is 0 Å². The fraction of sp³-hybridized carbons (Fsp3) is 0.417. The highest BCUT2D eigenvalue weighted by molar-refractivity contribution is 8.00. The number of thioether (sulfide) groups is 1. The van der Waals surface area contributed by atoms with Crippen LogP contribution in [0.5, 0.6) is 0 Å². The summed E-state index contributed by atoms with van der Waals surface area (Å²) in [5.41, 5.74) is 6.35. The summed E-state index contributed by atoms with van der Waals surface area (Å²) in [6.45, 7) is 3.89. The van der Waals surface area contributed by atoms with Gasteiger partial charge in [0.1, 0.15) is 0 Å². The van der Waals surface area contributed by atoms with Gasteiger partial charge in [-0.05, 0) is 24.3 Å². The topological polar surface area (TPSA) is 52.3 Å². The number of rotatable bonds is 4. The van der Waals surface area contributed by atoms with Crippen LogP contribution in [0.15, 0.2) is 29.2 Å². The molecule has 3 nitrogen and oxygen atoms in total. The van der Waals surface area contributed by atoms with Gasteiger partial charge >= 0.3 is 5.97 Å². The molecule has 88 valence electrons. The SMILES string of the molecule is COC(=O)C(C)C(C)Sc1ccc(N)cc1. The lowest BCUT2D eigenvalue weighted by Crippen LogP contribution is -2.21. The van der Waals surface area contributed by atoms with Crippen LogP contribution in [0, 0.1) is 5.92 Å². The number of anilines is 1. The number of carbonyl (C=O) groups is 1. The fourth-order valence-corrected chi connectivity index (χ4v) is 2.28. The Morgan fingerprint density at radius 3 is 2.38 bits per heavy atom. The van der Waals surface area contributed by atoms with Crippen LogP contribution in [0.3, 0.4) is 0 Å². The minimum absolute atomic E-state index is 0.118. The molecule has 0 fully saturated rings. The van der Waals surface area contributed by atoms with Crippen LogP contribution >= 0.6 is 11.8 Å². The molecule has 0 spiro atoms. The minimum Gasteiger partial charge on any atom is -0.469 e. The monoisotopic (exact) mass is 239 g/mol. The lowest BCUT2D eigenvalue weighted by Gasteiger charge is -2.17. The number of nitrogen functional groups attached to an aromatic ring is 1. The standard InChI is InChI=1S/C12H17NO2S/c1-8(12(14)15-3)9(2)16-11-6-4-10(13)5-7-11/h4-9H,13H2,1-3H3. The summed E-state index contributed by atoms with van der Waals surface area (Å²) in [5, 5.41) is 0.177. The smallest absolute Gasteiger partial charge is 0.309 e. The average molecular weight is 239 g/mol. The Morgan fingerprint density at radius 1 is 1.31 bits per heavy atom. The molecule has 2 N–H and O–H groups in total. The number of benzene rings is 1. The van der Waals surface area contributed by atoms with Crippen LogP contribution in [0.4, 0.5) is 5.69 Å². The molecule has 0 aliphatic carbocycles. The molecule has 2 unspecified atom stereocenters. The quantitative estimate of drug-likeness (QED) is 0.498. The highest BCUT2D eigenvalue weighted by Crippen LogP contribution is 2.28. The van der Waals surface area contributed by atoms with Gasteiger partial charge in [0.25, 0.3) is 0 Å². The van der Waals surface area contributed by atoms with Gasteiger partial charge in [0.15, 0.2) is 0 Å². The van der Waals surface area contributed by atoms with E-state index in [0.29, 0.717) is 0 Å². The summed E-state index contributed by atoms with van der Waals surface area (Å²) < 4.78 is 4.72. The second-order valence-electron chi connectivity index (χ2n) is 3.70. The molecule has 1 aromatic carbocycles. The predicted molar refractivity (Wildman–Crippen MR) is 67.4 cm³/mol. The molecule has 0 amide bonds. The van der Waals surface area contributed by atoms with Gasteiger partial charge in [-0.3, -0.25) is 4.79 Å². The molecule has 1 rings (SSSR count). The number of methoxy groups -OCH3 is 1.